The van der Waals surface area contributed by atoms with Crippen molar-refractivity contribution in [2.24, 2.45) is 0 Å². The number of nitrogens with zero attached hydrogens (tertiary/aromatic N) is 1. The molecule has 2 aromatic rings. The molecular weight excluding hydrogens is 288 g/mol. The topological polar surface area (TPSA) is 38.0 Å². The maximum atomic E-state index is 7.75. The number of ether oxygens (including phenoxy) is 1. The van der Waals surface area contributed by atoms with Crippen molar-refractivity contribution >= 4 is 28.8 Å². The van der Waals surface area contributed by atoms with Crippen LogP contribution in [-0.2, 0) is 4.74 Å². The molecule has 0 fully saturated rings. The van der Waals surface area contributed by atoms with E-state index in [0.29, 0.717) is 0 Å². The Morgan fingerprint density at radius 1 is 1.10 bits per heavy atom. The van der Waals surface area contributed by atoms with E-state index in [9.17, 15) is 0 Å². The Balaban J connectivity index is 2.57. The zero-order valence-corrected chi connectivity index (χ0v) is 13.7. The van der Waals surface area contributed by atoms with Gasteiger partial charge in [-0.15, -0.1) is 11.8 Å². The predicted molar refractivity (Wildman–Crippen MR) is 87.6 cm³/mol. The van der Waals surface area contributed by atoms with E-state index in [1.165, 1.54) is 29.5 Å². The maximum absolute atomic E-state index is 7.75. The maximum Gasteiger partial charge on any atom is 0.247 e. The van der Waals surface area contributed by atoms with Gasteiger partial charge in [0.05, 0.1) is 12.0 Å². The highest BCUT2D eigenvalue weighted by atomic mass is 32.2. The lowest BCUT2D eigenvalue weighted by molar-refractivity contribution is 0.412. The summed E-state index contributed by atoms with van der Waals surface area (Å²) in [6, 6.07) is 10.3. The summed E-state index contributed by atoms with van der Waals surface area (Å²) in [6.07, 6.45) is 2.07. The van der Waals surface area contributed by atoms with Crippen LogP contribution in [0.25, 0.3) is 5.69 Å². The lowest BCUT2D eigenvalue weighted by atomic mass is 10.3. The molecule has 1 aromatic heterocycles. The van der Waals surface area contributed by atoms with E-state index in [-0.39, 0.29) is 5.23 Å². The average molecular weight is 306 g/mol. The van der Waals surface area contributed by atoms with Crippen molar-refractivity contribution in [1.29, 1.82) is 5.41 Å². The van der Waals surface area contributed by atoms with Gasteiger partial charge in [-0.05, 0) is 44.0 Å². The lowest BCUT2D eigenvalue weighted by Crippen LogP contribution is -1.99. The second-order valence-corrected chi connectivity index (χ2v) is 6.10. The highest BCUT2D eigenvalue weighted by molar-refractivity contribution is 8.14. The van der Waals surface area contributed by atoms with Gasteiger partial charge in [0, 0.05) is 22.0 Å². The highest BCUT2D eigenvalue weighted by Gasteiger charge is 2.20. The average Bonchev–Trinajstić information content (AvgIpc) is 2.70. The molecule has 0 amide bonds. The number of benzene rings is 1. The van der Waals surface area contributed by atoms with Gasteiger partial charge in [0.15, 0.2) is 0 Å². The standard InChI is InChI=1S/C15H18N2OS2/c1-10-13(19-4)14(20-15(16)18-3)11(2)17(10)12-8-6-5-7-9-12/h5-9,16H,1-4H3. The van der Waals surface area contributed by atoms with Crippen LogP contribution in [0.2, 0.25) is 0 Å². The van der Waals surface area contributed by atoms with E-state index in [4.69, 9.17) is 10.1 Å². The fourth-order valence-corrected chi connectivity index (χ4v) is 4.09. The second kappa shape index (κ2) is 6.41. The summed E-state index contributed by atoms with van der Waals surface area (Å²) in [7, 11) is 1.53. The summed E-state index contributed by atoms with van der Waals surface area (Å²) in [5, 5.41) is 7.97. The van der Waals surface area contributed by atoms with Crippen LogP contribution in [0.4, 0.5) is 0 Å². The number of methoxy groups -OCH3 is 1. The van der Waals surface area contributed by atoms with Crippen molar-refractivity contribution in [2.45, 2.75) is 23.6 Å². The van der Waals surface area contributed by atoms with E-state index in [2.05, 4.69) is 36.8 Å². The molecule has 0 atom stereocenters. The first-order valence-electron chi connectivity index (χ1n) is 6.21. The van der Waals surface area contributed by atoms with Gasteiger partial charge in [-0.3, -0.25) is 5.41 Å². The van der Waals surface area contributed by atoms with Gasteiger partial charge in [-0.1, -0.05) is 18.2 Å². The molecule has 0 aliphatic carbocycles. The first kappa shape index (κ1) is 15.1. The van der Waals surface area contributed by atoms with Crippen LogP contribution in [0.5, 0.6) is 0 Å². The Morgan fingerprint density at radius 2 is 1.70 bits per heavy atom. The van der Waals surface area contributed by atoms with Gasteiger partial charge < -0.3 is 9.30 Å². The van der Waals surface area contributed by atoms with Crippen LogP contribution in [0.1, 0.15) is 11.4 Å². The summed E-state index contributed by atoms with van der Waals surface area (Å²) < 4.78 is 7.22. The molecule has 0 spiro atoms. The van der Waals surface area contributed by atoms with Crippen molar-refractivity contribution in [1.82, 2.24) is 4.57 Å². The van der Waals surface area contributed by atoms with Gasteiger partial charge in [0.2, 0.25) is 5.23 Å². The summed E-state index contributed by atoms with van der Waals surface area (Å²) in [5.74, 6) is 0. The Kier molecular flexibility index (Phi) is 4.83. The molecule has 0 unspecified atom stereocenters. The van der Waals surface area contributed by atoms with Crippen molar-refractivity contribution in [3.63, 3.8) is 0 Å². The normalized spacial score (nSPS) is 10.6. The molecule has 0 saturated carbocycles. The predicted octanol–water partition coefficient (Wildman–Crippen LogP) is 4.49. The minimum Gasteiger partial charge on any atom is -0.476 e. The third kappa shape index (κ3) is 2.74. The van der Waals surface area contributed by atoms with Gasteiger partial charge >= 0.3 is 0 Å². The van der Waals surface area contributed by atoms with Crippen LogP contribution >= 0.6 is 23.5 Å². The Hall–Kier alpha value is -1.33. The van der Waals surface area contributed by atoms with Crippen molar-refractivity contribution in [3.8, 4) is 5.69 Å². The molecule has 0 aliphatic rings. The first-order valence-corrected chi connectivity index (χ1v) is 8.26. The highest BCUT2D eigenvalue weighted by Crippen LogP contribution is 2.39. The van der Waals surface area contributed by atoms with E-state index >= 15 is 0 Å². The van der Waals surface area contributed by atoms with Crippen LogP contribution in [0.15, 0.2) is 40.1 Å². The molecule has 106 valence electrons. The van der Waals surface area contributed by atoms with Crippen LogP contribution < -0.4 is 0 Å². The van der Waals surface area contributed by atoms with Gasteiger partial charge in [-0.2, -0.15) is 0 Å². The number of para-hydroxylation sites is 1. The van der Waals surface area contributed by atoms with Crippen molar-refractivity contribution < 1.29 is 4.74 Å². The minimum absolute atomic E-state index is 0.216. The molecule has 0 aliphatic heterocycles. The Labute approximate surface area is 128 Å². The Morgan fingerprint density at radius 3 is 2.25 bits per heavy atom. The molecule has 1 heterocycles. The van der Waals surface area contributed by atoms with E-state index in [0.717, 1.165) is 16.3 Å². The number of hydrogen-bond donors (Lipinski definition) is 1. The van der Waals surface area contributed by atoms with Crippen molar-refractivity contribution in [3.05, 3.63) is 41.7 Å². The summed E-state index contributed by atoms with van der Waals surface area (Å²) in [4.78, 5) is 2.31. The fraction of sp³-hybridized carbons (Fsp3) is 0.267. The number of rotatable bonds is 3. The molecule has 1 N–H and O–H groups in total. The molecule has 2 rings (SSSR count). The lowest BCUT2D eigenvalue weighted by Gasteiger charge is -2.09. The van der Waals surface area contributed by atoms with E-state index in [1.54, 1.807) is 11.8 Å². The summed E-state index contributed by atoms with van der Waals surface area (Å²) >= 11 is 3.08. The fourth-order valence-electron chi connectivity index (χ4n) is 2.24. The van der Waals surface area contributed by atoms with Gasteiger partial charge in [0.25, 0.3) is 0 Å². The smallest absolute Gasteiger partial charge is 0.247 e. The molecule has 5 heteroatoms. The molecule has 3 nitrogen and oxygen atoms in total. The number of thioether (sulfide) groups is 2. The number of nitrogens with one attached hydrogen (secondary N) is 1. The zero-order chi connectivity index (χ0) is 14.7. The van der Waals surface area contributed by atoms with E-state index in [1.807, 2.05) is 18.2 Å². The van der Waals surface area contributed by atoms with E-state index < -0.39 is 0 Å². The van der Waals surface area contributed by atoms with Crippen LogP contribution in [-0.4, -0.2) is 23.2 Å². The SMILES string of the molecule is COC(=N)Sc1c(SC)c(C)n(-c2ccccc2)c1C. The molecule has 20 heavy (non-hydrogen) atoms. The molecule has 0 radical (unpaired) electrons. The third-order valence-corrected chi connectivity index (χ3v) is 5.23. The number of aromatic nitrogens is 1. The first-order chi connectivity index (χ1) is 9.60. The van der Waals surface area contributed by atoms with Crippen LogP contribution in [0, 0.1) is 19.3 Å². The quantitative estimate of drug-likeness (QED) is 0.516. The van der Waals surface area contributed by atoms with Crippen LogP contribution in [0.3, 0.4) is 0 Å². The van der Waals surface area contributed by atoms with Gasteiger partial charge in [-0.25, -0.2) is 0 Å². The van der Waals surface area contributed by atoms with Crippen molar-refractivity contribution in [2.75, 3.05) is 13.4 Å². The van der Waals surface area contributed by atoms with Gasteiger partial charge in [0.1, 0.15) is 0 Å². The Bertz CT molecular complexity index is 621. The molecule has 0 bridgehead atoms. The minimum atomic E-state index is 0.216. The number of hydrogen-bond acceptors (Lipinski definition) is 4. The monoisotopic (exact) mass is 306 g/mol. The summed E-state index contributed by atoms with van der Waals surface area (Å²) in [5.41, 5.74) is 3.49. The summed E-state index contributed by atoms with van der Waals surface area (Å²) in [6.45, 7) is 4.21. The molecular formula is C15H18N2OS2. The zero-order valence-electron chi connectivity index (χ0n) is 12.1. The largest absolute Gasteiger partial charge is 0.476 e. The second-order valence-electron chi connectivity index (χ2n) is 4.30. The molecule has 0 saturated heterocycles. The third-order valence-electron chi connectivity index (χ3n) is 3.13. The molecule has 1 aromatic carbocycles.